The summed E-state index contributed by atoms with van der Waals surface area (Å²) in [6.45, 7) is 7.28. The van der Waals surface area contributed by atoms with Crippen LogP contribution in [0.25, 0.3) is 0 Å². The van der Waals surface area contributed by atoms with Gasteiger partial charge in [-0.3, -0.25) is 4.79 Å². The van der Waals surface area contributed by atoms with Gasteiger partial charge in [0.05, 0.1) is 17.1 Å². The van der Waals surface area contributed by atoms with E-state index in [4.69, 9.17) is 4.74 Å². The Morgan fingerprint density at radius 2 is 1.83 bits per heavy atom. The van der Waals surface area contributed by atoms with Crippen molar-refractivity contribution in [2.24, 2.45) is 0 Å². The standard InChI is InChI=1S/C20H26N4O4S/c1-4-24(5-2)29(26,27)18-9-7-16(8-10-18)20(25)23-13-12-17(14-23)28-19-11-6-15(3)21-22-19/h6-11,17H,4-5,12-14H2,1-3H3. The Kier molecular flexibility index (Phi) is 6.49. The highest BCUT2D eigenvalue weighted by Gasteiger charge is 2.29. The summed E-state index contributed by atoms with van der Waals surface area (Å²) >= 11 is 0. The second-order valence-electron chi connectivity index (χ2n) is 6.91. The molecule has 1 fully saturated rings. The van der Waals surface area contributed by atoms with Crippen LogP contribution < -0.4 is 4.74 Å². The van der Waals surface area contributed by atoms with Crippen molar-refractivity contribution in [1.29, 1.82) is 0 Å². The van der Waals surface area contributed by atoms with E-state index >= 15 is 0 Å². The molecule has 1 aromatic carbocycles. The Hall–Kier alpha value is -2.52. The number of aromatic nitrogens is 2. The molecule has 1 aliphatic rings. The van der Waals surface area contributed by atoms with Gasteiger partial charge < -0.3 is 9.64 Å². The lowest BCUT2D eigenvalue weighted by Gasteiger charge is -2.19. The molecule has 9 heteroatoms. The molecule has 0 radical (unpaired) electrons. The van der Waals surface area contributed by atoms with Gasteiger partial charge in [0.25, 0.3) is 5.91 Å². The predicted octanol–water partition coefficient (Wildman–Crippen LogP) is 2.11. The molecule has 1 aromatic heterocycles. The van der Waals surface area contributed by atoms with Crippen molar-refractivity contribution in [3.63, 3.8) is 0 Å². The van der Waals surface area contributed by atoms with Crippen molar-refractivity contribution < 1.29 is 17.9 Å². The lowest BCUT2D eigenvalue weighted by Crippen LogP contribution is -2.31. The molecule has 2 aromatic rings. The summed E-state index contributed by atoms with van der Waals surface area (Å²) in [5.74, 6) is 0.304. The predicted molar refractivity (Wildman–Crippen MR) is 108 cm³/mol. The molecule has 0 saturated carbocycles. The van der Waals surface area contributed by atoms with Gasteiger partial charge in [0.15, 0.2) is 0 Å². The Labute approximate surface area is 171 Å². The summed E-state index contributed by atoms with van der Waals surface area (Å²) in [7, 11) is -3.53. The second kappa shape index (κ2) is 8.87. The summed E-state index contributed by atoms with van der Waals surface area (Å²) in [6, 6.07) is 9.71. The van der Waals surface area contributed by atoms with Crippen LogP contribution in [-0.2, 0) is 10.0 Å². The highest BCUT2D eigenvalue weighted by Crippen LogP contribution is 2.20. The van der Waals surface area contributed by atoms with Gasteiger partial charge in [-0.15, -0.1) is 5.10 Å². The molecule has 1 atom stereocenters. The molecule has 0 N–H and O–H groups in total. The topological polar surface area (TPSA) is 92.7 Å². The van der Waals surface area contributed by atoms with Crippen molar-refractivity contribution in [3.05, 3.63) is 47.7 Å². The Morgan fingerprint density at radius 3 is 2.41 bits per heavy atom. The molecule has 0 aliphatic carbocycles. The zero-order chi connectivity index (χ0) is 21.0. The first-order valence-corrected chi connectivity index (χ1v) is 11.2. The summed E-state index contributed by atoms with van der Waals surface area (Å²) in [5, 5.41) is 7.96. The first-order valence-electron chi connectivity index (χ1n) is 9.71. The number of aryl methyl sites for hydroxylation is 1. The van der Waals surface area contributed by atoms with Gasteiger partial charge in [-0.25, -0.2) is 8.42 Å². The lowest BCUT2D eigenvalue weighted by molar-refractivity contribution is 0.0771. The highest BCUT2D eigenvalue weighted by molar-refractivity contribution is 7.89. The van der Waals surface area contributed by atoms with Gasteiger partial charge in [-0.2, -0.15) is 9.40 Å². The Balaban J connectivity index is 1.64. The number of hydrogen-bond donors (Lipinski definition) is 0. The highest BCUT2D eigenvalue weighted by atomic mass is 32.2. The summed E-state index contributed by atoms with van der Waals surface area (Å²) < 4.78 is 32.3. The lowest BCUT2D eigenvalue weighted by atomic mass is 10.2. The van der Waals surface area contributed by atoms with E-state index in [-0.39, 0.29) is 16.9 Å². The minimum absolute atomic E-state index is 0.140. The summed E-state index contributed by atoms with van der Waals surface area (Å²) in [6.07, 6.45) is 0.564. The number of nitrogens with zero attached hydrogens (tertiary/aromatic N) is 4. The van der Waals surface area contributed by atoms with Crippen LogP contribution in [0, 0.1) is 6.92 Å². The van der Waals surface area contributed by atoms with Crippen molar-refractivity contribution in [2.45, 2.75) is 38.2 Å². The maximum Gasteiger partial charge on any atom is 0.253 e. The van der Waals surface area contributed by atoms with Crippen LogP contribution in [0.5, 0.6) is 5.88 Å². The smallest absolute Gasteiger partial charge is 0.253 e. The normalized spacial score (nSPS) is 17.0. The molecule has 29 heavy (non-hydrogen) atoms. The van der Waals surface area contributed by atoms with E-state index in [9.17, 15) is 13.2 Å². The number of amides is 1. The third-order valence-corrected chi connectivity index (χ3v) is 7.00. The van der Waals surface area contributed by atoms with Crippen LogP contribution in [0.2, 0.25) is 0 Å². The molecule has 2 heterocycles. The molecule has 1 amide bonds. The molecule has 1 saturated heterocycles. The van der Waals surface area contributed by atoms with Crippen LogP contribution in [0.1, 0.15) is 36.3 Å². The number of likely N-dealkylation sites (tertiary alicyclic amines) is 1. The van der Waals surface area contributed by atoms with Crippen molar-refractivity contribution >= 4 is 15.9 Å². The maximum absolute atomic E-state index is 12.8. The quantitative estimate of drug-likeness (QED) is 0.684. The molecule has 0 bridgehead atoms. The molecule has 0 spiro atoms. The zero-order valence-corrected chi connectivity index (χ0v) is 17.7. The van der Waals surface area contributed by atoms with E-state index in [1.165, 1.54) is 16.4 Å². The van der Waals surface area contributed by atoms with Gasteiger partial charge in [-0.05, 0) is 37.3 Å². The number of rotatable bonds is 7. The largest absolute Gasteiger partial charge is 0.471 e. The molecular formula is C20H26N4O4S. The molecule has 3 rings (SSSR count). The Morgan fingerprint density at radius 1 is 1.14 bits per heavy atom. The first-order chi connectivity index (χ1) is 13.8. The number of sulfonamides is 1. The number of carbonyl (C=O) groups is 1. The number of hydrogen-bond acceptors (Lipinski definition) is 6. The average molecular weight is 419 g/mol. The van der Waals surface area contributed by atoms with E-state index in [1.807, 2.05) is 13.0 Å². The van der Waals surface area contributed by atoms with E-state index in [0.717, 1.165) is 5.69 Å². The van der Waals surface area contributed by atoms with E-state index < -0.39 is 10.0 Å². The third kappa shape index (κ3) is 4.73. The van der Waals surface area contributed by atoms with Crippen LogP contribution in [-0.4, -0.2) is 66.0 Å². The van der Waals surface area contributed by atoms with Gasteiger partial charge >= 0.3 is 0 Å². The second-order valence-corrected chi connectivity index (χ2v) is 8.84. The van der Waals surface area contributed by atoms with Crippen LogP contribution in [0.4, 0.5) is 0 Å². The fraction of sp³-hybridized carbons (Fsp3) is 0.450. The fourth-order valence-electron chi connectivity index (χ4n) is 3.29. The number of carbonyl (C=O) groups excluding carboxylic acids is 1. The maximum atomic E-state index is 12.8. The average Bonchev–Trinajstić information content (AvgIpc) is 3.18. The summed E-state index contributed by atoms with van der Waals surface area (Å²) in [5.41, 5.74) is 1.27. The summed E-state index contributed by atoms with van der Waals surface area (Å²) in [4.78, 5) is 14.7. The number of benzene rings is 1. The van der Waals surface area contributed by atoms with Gasteiger partial charge in [0, 0.05) is 37.7 Å². The number of ether oxygens (including phenoxy) is 1. The fourth-order valence-corrected chi connectivity index (χ4v) is 4.75. The van der Waals surface area contributed by atoms with Gasteiger partial charge in [0.1, 0.15) is 6.10 Å². The first kappa shape index (κ1) is 21.2. The molecule has 156 valence electrons. The molecule has 1 aliphatic heterocycles. The molecule has 8 nitrogen and oxygen atoms in total. The van der Waals surface area contributed by atoms with Crippen LogP contribution in [0.15, 0.2) is 41.3 Å². The van der Waals surface area contributed by atoms with E-state index in [2.05, 4.69) is 10.2 Å². The zero-order valence-electron chi connectivity index (χ0n) is 16.9. The minimum Gasteiger partial charge on any atom is -0.471 e. The van der Waals surface area contributed by atoms with E-state index in [0.29, 0.717) is 44.0 Å². The van der Waals surface area contributed by atoms with Crippen molar-refractivity contribution in [3.8, 4) is 5.88 Å². The monoisotopic (exact) mass is 418 g/mol. The molecule has 1 unspecified atom stereocenters. The van der Waals surface area contributed by atoms with Crippen LogP contribution in [0.3, 0.4) is 0 Å². The van der Waals surface area contributed by atoms with Crippen LogP contribution >= 0.6 is 0 Å². The van der Waals surface area contributed by atoms with Gasteiger partial charge in [0.2, 0.25) is 15.9 Å². The van der Waals surface area contributed by atoms with Gasteiger partial charge in [-0.1, -0.05) is 13.8 Å². The van der Waals surface area contributed by atoms with Crippen molar-refractivity contribution in [2.75, 3.05) is 26.2 Å². The van der Waals surface area contributed by atoms with Crippen molar-refractivity contribution in [1.82, 2.24) is 19.4 Å². The van der Waals surface area contributed by atoms with E-state index in [1.54, 1.807) is 36.9 Å². The molecular weight excluding hydrogens is 392 g/mol. The minimum atomic E-state index is -3.53. The SMILES string of the molecule is CCN(CC)S(=O)(=O)c1ccc(C(=O)N2CCC(Oc3ccc(C)nn3)C2)cc1. The Bertz CT molecular complexity index is 941. The third-order valence-electron chi connectivity index (χ3n) is 4.94.